The fourth-order valence-corrected chi connectivity index (χ4v) is 3.80. The van der Waals surface area contributed by atoms with Crippen LogP contribution in [0.15, 0.2) is 33.9 Å². The normalized spacial score (nSPS) is 14.9. The number of benzene rings is 1. The molecule has 1 amide bonds. The highest BCUT2D eigenvalue weighted by atomic mass is 16.2. The van der Waals surface area contributed by atoms with Crippen molar-refractivity contribution in [3.8, 4) is 6.07 Å². The van der Waals surface area contributed by atoms with Crippen molar-refractivity contribution in [2.24, 2.45) is 14.1 Å². The molecule has 9 heteroatoms. The maximum Gasteiger partial charge on any atom is 0.332 e. The molecule has 1 aliphatic heterocycles. The minimum Gasteiger partial charge on any atom is -0.339 e. The molecule has 1 aliphatic rings. The predicted molar refractivity (Wildman–Crippen MR) is 106 cm³/mol. The Morgan fingerprint density at radius 3 is 2.62 bits per heavy atom. The van der Waals surface area contributed by atoms with E-state index in [4.69, 9.17) is 5.26 Å². The molecule has 0 atom stereocenters. The van der Waals surface area contributed by atoms with Gasteiger partial charge in [-0.1, -0.05) is 6.07 Å². The minimum atomic E-state index is -0.416. The third-order valence-corrected chi connectivity index (χ3v) is 5.52. The van der Waals surface area contributed by atoms with Gasteiger partial charge in [0.25, 0.3) is 11.5 Å². The monoisotopic (exact) mass is 392 g/mol. The van der Waals surface area contributed by atoms with Crippen LogP contribution in [0.2, 0.25) is 0 Å². The smallest absolute Gasteiger partial charge is 0.332 e. The Kier molecular flexibility index (Phi) is 4.54. The van der Waals surface area contributed by atoms with E-state index in [1.807, 2.05) is 6.07 Å². The first-order chi connectivity index (χ1) is 13.9. The van der Waals surface area contributed by atoms with E-state index in [2.05, 4.69) is 9.97 Å². The van der Waals surface area contributed by atoms with Gasteiger partial charge in [-0.3, -0.25) is 18.7 Å². The fourth-order valence-electron chi connectivity index (χ4n) is 3.80. The maximum atomic E-state index is 12.7. The molecule has 2 aromatic heterocycles. The first kappa shape index (κ1) is 18.7. The molecule has 4 rings (SSSR count). The van der Waals surface area contributed by atoms with Crippen LogP contribution in [-0.2, 0) is 14.1 Å². The van der Waals surface area contributed by atoms with E-state index >= 15 is 0 Å². The molecule has 0 radical (unpaired) electrons. The number of carbonyl (C=O) groups excluding carboxylic acids is 1. The van der Waals surface area contributed by atoms with E-state index in [1.165, 1.54) is 11.6 Å². The molecule has 148 valence electrons. The molecule has 3 aromatic rings. The van der Waals surface area contributed by atoms with Gasteiger partial charge in [-0.25, -0.2) is 9.78 Å². The van der Waals surface area contributed by atoms with Crippen LogP contribution in [-0.4, -0.2) is 43.0 Å². The van der Waals surface area contributed by atoms with Gasteiger partial charge >= 0.3 is 5.69 Å². The molecular weight excluding hydrogens is 372 g/mol. The highest BCUT2D eigenvalue weighted by Crippen LogP contribution is 2.27. The zero-order valence-electron chi connectivity index (χ0n) is 16.2. The van der Waals surface area contributed by atoms with Crippen LogP contribution in [0, 0.1) is 11.3 Å². The summed E-state index contributed by atoms with van der Waals surface area (Å²) in [6, 6.07) is 8.74. The maximum absolute atomic E-state index is 12.7. The number of nitriles is 1. The molecule has 1 N–H and O–H groups in total. The summed E-state index contributed by atoms with van der Waals surface area (Å²) in [4.78, 5) is 46.5. The van der Waals surface area contributed by atoms with Crippen molar-refractivity contribution in [1.29, 1.82) is 5.26 Å². The molecule has 0 aliphatic carbocycles. The topological polar surface area (TPSA) is 117 Å². The summed E-state index contributed by atoms with van der Waals surface area (Å²) in [5.41, 5.74) is 0.814. The zero-order valence-corrected chi connectivity index (χ0v) is 16.2. The summed E-state index contributed by atoms with van der Waals surface area (Å²) in [5, 5.41) is 9.02. The number of likely N-dealkylation sites (tertiary alicyclic amines) is 1. The van der Waals surface area contributed by atoms with Crippen LogP contribution in [0.3, 0.4) is 0 Å². The first-order valence-corrected chi connectivity index (χ1v) is 9.35. The van der Waals surface area contributed by atoms with Crippen LogP contribution in [0.25, 0.3) is 11.2 Å². The number of amides is 1. The van der Waals surface area contributed by atoms with E-state index < -0.39 is 11.2 Å². The highest BCUT2D eigenvalue weighted by Gasteiger charge is 2.27. The van der Waals surface area contributed by atoms with Gasteiger partial charge in [0.1, 0.15) is 11.3 Å². The number of rotatable bonds is 2. The summed E-state index contributed by atoms with van der Waals surface area (Å²) < 4.78 is 2.42. The number of piperidine rings is 1. The number of H-pyrrole nitrogens is 1. The summed E-state index contributed by atoms with van der Waals surface area (Å²) in [7, 11) is 3.03. The van der Waals surface area contributed by atoms with Gasteiger partial charge < -0.3 is 9.88 Å². The molecule has 9 nitrogen and oxygen atoms in total. The van der Waals surface area contributed by atoms with E-state index in [9.17, 15) is 14.4 Å². The molecule has 0 saturated carbocycles. The Bertz CT molecular complexity index is 1270. The molecular formula is C20H20N6O3. The lowest BCUT2D eigenvalue weighted by Gasteiger charge is -2.31. The van der Waals surface area contributed by atoms with Gasteiger partial charge in [0.05, 0.1) is 11.6 Å². The van der Waals surface area contributed by atoms with Crippen LogP contribution in [0.5, 0.6) is 0 Å². The van der Waals surface area contributed by atoms with Crippen LogP contribution in [0.1, 0.15) is 40.5 Å². The number of hydrogen-bond acceptors (Lipinski definition) is 5. The van der Waals surface area contributed by atoms with E-state index in [0.717, 1.165) is 4.57 Å². The number of fused-ring (bicyclic) bond motifs is 1. The van der Waals surface area contributed by atoms with Gasteiger partial charge in [0.2, 0.25) is 0 Å². The largest absolute Gasteiger partial charge is 0.339 e. The number of aromatic nitrogens is 4. The molecule has 0 unspecified atom stereocenters. The summed E-state index contributed by atoms with van der Waals surface area (Å²) >= 11 is 0. The summed E-state index contributed by atoms with van der Waals surface area (Å²) in [6.07, 6.45) is 1.38. The summed E-state index contributed by atoms with van der Waals surface area (Å²) in [5.74, 6) is 0.634. The number of nitrogens with zero attached hydrogens (tertiary/aromatic N) is 5. The average molecular weight is 392 g/mol. The van der Waals surface area contributed by atoms with Crippen molar-refractivity contribution < 1.29 is 4.79 Å². The Balaban J connectivity index is 1.54. The van der Waals surface area contributed by atoms with E-state index in [0.29, 0.717) is 54.0 Å². The quantitative estimate of drug-likeness (QED) is 0.694. The second-order valence-corrected chi connectivity index (χ2v) is 7.29. The number of aromatic amines is 1. The second kappa shape index (κ2) is 7.05. The minimum absolute atomic E-state index is 0.0664. The number of imidazole rings is 1. The van der Waals surface area contributed by atoms with Crippen molar-refractivity contribution in [3.05, 3.63) is 62.1 Å². The lowest BCUT2D eigenvalue weighted by Crippen LogP contribution is -2.38. The molecule has 0 spiro atoms. The Labute approximate surface area is 165 Å². The third-order valence-electron chi connectivity index (χ3n) is 5.52. The van der Waals surface area contributed by atoms with Crippen LogP contribution in [0.4, 0.5) is 0 Å². The molecule has 1 aromatic carbocycles. The Morgan fingerprint density at radius 1 is 1.21 bits per heavy atom. The van der Waals surface area contributed by atoms with Gasteiger partial charge in [0, 0.05) is 38.7 Å². The molecule has 3 heterocycles. The standard InChI is InChI=1S/C20H20N6O3/c1-24-17-15(19(28)25(2)20(24)29)22-16(23-17)13-6-8-26(9-7-13)18(27)14-5-3-4-12(10-14)11-21/h3-5,10,13H,6-9H2,1-2H3,(H,22,23). The number of aryl methyl sites for hydroxylation is 1. The molecule has 1 saturated heterocycles. The zero-order chi connectivity index (χ0) is 20.7. The summed E-state index contributed by atoms with van der Waals surface area (Å²) in [6.45, 7) is 1.10. The number of hydrogen-bond donors (Lipinski definition) is 1. The van der Waals surface area contributed by atoms with E-state index in [1.54, 1.807) is 36.2 Å². The third kappa shape index (κ3) is 3.12. The Morgan fingerprint density at radius 2 is 1.93 bits per heavy atom. The van der Waals surface area contributed by atoms with Gasteiger partial charge in [-0.15, -0.1) is 0 Å². The number of carbonyl (C=O) groups is 1. The lowest BCUT2D eigenvalue weighted by atomic mass is 9.95. The van der Waals surface area contributed by atoms with Crippen molar-refractivity contribution in [3.63, 3.8) is 0 Å². The first-order valence-electron chi connectivity index (χ1n) is 9.35. The Hall–Kier alpha value is -3.67. The number of nitrogens with one attached hydrogen (secondary N) is 1. The lowest BCUT2D eigenvalue weighted by molar-refractivity contribution is 0.0711. The van der Waals surface area contributed by atoms with E-state index in [-0.39, 0.29) is 11.8 Å². The van der Waals surface area contributed by atoms with Crippen LogP contribution < -0.4 is 11.2 Å². The molecule has 1 fully saturated rings. The molecule has 0 bridgehead atoms. The van der Waals surface area contributed by atoms with Gasteiger partial charge in [-0.05, 0) is 31.0 Å². The molecule has 29 heavy (non-hydrogen) atoms. The van der Waals surface area contributed by atoms with Crippen LogP contribution >= 0.6 is 0 Å². The fraction of sp³-hybridized carbons (Fsp3) is 0.350. The van der Waals surface area contributed by atoms with Crippen molar-refractivity contribution in [2.75, 3.05) is 13.1 Å². The van der Waals surface area contributed by atoms with Gasteiger partial charge in [-0.2, -0.15) is 5.26 Å². The van der Waals surface area contributed by atoms with Crippen molar-refractivity contribution in [1.82, 2.24) is 24.0 Å². The average Bonchev–Trinajstić information content (AvgIpc) is 3.21. The predicted octanol–water partition coefficient (Wildman–Crippen LogP) is 0.852. The SMILES string of the molecule is Cn1c(=O)c2[nH]c(C3CCN(C(=O)c4cccc(C#N)c4)CC3)nc2n(C)c1=O. The second-order valence-electron chi connectivity index (χ2n) is 7.29. The van der Waals surface area contributed by atoms with Gasteiger partial charge in [0.15, 0.2) is 5.65 Å². The van der Waals surface area contributed by atoms with Crippen molar-refractivity contribution >= 4 is 17.1 Å². The highest BCUT2D eigenvalue weighted by molar-refractivity contribution is 5.94. The van der Waals surface area contributed by atoms with Crippen molar-refractivity contribution in [2.45, 2.75) is 18.8 Å².